The molecule has 0 aliphatic carbocycles. The van der Waals surface area contributed by atoms with Gasteiger partial charge >= 0.3 is 0 Å². The molecule has 0 amide bonds. The molecule has 0 fully saturated rings. The number of aromatic nitrogens is 1. The van der Waals surface area contributed by atoms with Crippen LogP contribution in [0.25, 0.3) is 10.9 Å². The number of hydrazone groups is 1. The Morgan fingerprint density at radius 3 is 2.50 bits per heavy atom. The molecule has 22 heavy (non-hydrogen) atoms. The van der Waals surface area contributed by atoms with Crippen LogP contribution in [-0.2, 0) is 0 Å². The number of nitrogens with one attached hydrogen (secondary N) is 2. The summed E-state index contributed by atoms with van der Waals surface area (Å²) in [5.41, 5.74) is 4.84. The number of hydrogen-bond donors (Lipinski definition) is 2. The van der Waals surface area contributed by atoms with Crippen molar-refractivity contribution in [3.63, 3.8) is 0 Å². The number of rotatable bonds is 3. The van der Waals surface area contributed by atoms with Gasteiger partial charge in [0.1, 0.15) is 0 Å². The molecule has 6 heteroatoms. The van der Waals surface area contributed by atoms with E-state index >= 15 is 0 Å². The van der Waals surface area contributed by atoms with Gasteiger partial charge in [0.05, 0.1) is 17.4 Å². The van der Waals surface area contributed by atoms with Crippen molar-refractivity contribution >= 4 is 46.0 Å². The van der Waals surface area contributed by atoms with Crippen LogP contribution in [0.4, 0.5) is 5.69 Å². The number of anilines is 1. The highest BCUT2D eigenvalue weighted by molar-refractivity contribution is 6.31. The molecule has 2 N–H and O–H groups in total. The lowest BCUT2D eigenvalue weighted by Gasteiger charge is -2.05. The van der Waals surface area contributed by atoms with Crippen LogP contribution in [0, 0.1) is 0 Å². The minimum absolute atomic E-state index is 0.209. The van der Waals surface area contributed by atoms with Gasteiger partial charge in [-0.1, -0.05) is 35.3 Å². The highest BCUT2D eigenvalue weighted by atomic mass is 35.5. The van der Waals surface area contributed by atoms with E-state index in [-0.39, 0.29) is 5.56 Å². The summed E-state index contributed by atoms with van der Waals surface area (Å²) >= 11 is 11.8. The third kappa shape index (κ3) is 3.30. The van der Waals surface area contributed by atoms with Gasteiger partial charge in [-0.05, 0) is 35.9 Å². The van der Waals surface area contributed by atoms with Gasteiger partial charge < -0.3 is 4.98 Å². The molecule has 110 valence electrons. The number of pyridine rings is 1. The second kappa shape index (κ2) is 6.22. The number of halogens is 2. The van der Waals surface area contributed by atoms with Crippen molar-refractivity contribution in [3.05, 3.63) is 74.5 Å². The predicted octanol–water partition coefficient (Wildman–Crippen LogP) is 4.28. The minimum Gasteiger partial charge on any atom is -0.322 e. The fraction of sp³-hybridized carbons (Fsp3) is 0. The summed E-state index contributed by atoms with van der Waals surface area (Å²) in [6.45, 7) is 0. The third-order valence-electron chi connectivity index (χ3n) is 3.07. The molecule has 0 spiro atoms. The molecule has 0 saturated heterocycles. The summed E-state index contributed by atoms with van der Waals surface area (Å²) in [5, 5.41) is 6.19. The largest absolute Gasteiger partial charge is 0.322 e. The number of hydrogen-bond acceptors (Lipinski definition) is 3. The first-order valence-corrected chi connectivity index (χ1v) is 7.25. The van der Waals surface area contributed by atoms with Crippen molar-refractivity contribution in [1.29, 1.82) is 0 Å². The van der Waals surface area contributed by atoms with E-state index in [1.807, 2.05) is 12.1 Å². The van der Waals surface area contributed by atoms with Crippen LogP contribution < -0.4 is 11.0 Å². The standard InChI is InChI=1S/C16H11Cl2N3O/c17-11-3-1-10(2-4-11)9-19-21-15-8-16(22)20-14-6-5-12(18)7-13(14)15/h1-9H,(H2,20,21,22)/b19-9+. The lowest BCUT2D eigenvalue weighted by Crippen LogP contribution is -2.06. The Hall–Kier alpha value is -2.30. The average molecular weight is 332 g/mol. The molecule has 1 aromatic heterocycles. The molecule has 1 heterocycles. The van der Waals surface area contributed by atoms with Crippen molar-refractivity contribution in [2.75, 3.05) is 5.43 Å². The fourth-order valence-electron chi connectivity index (χ4n) is 2.04. The minimum atomic E-state index is -0.209. The van der Waals surface area contributed by atoms with E-state index in [9.17, 15) is 4.79 Å². The zero-order valence-electron chi connectivity index (χ0n) is 11.3. The zero-order valence-corrected chi connectivity index (χ0v) is 12.8. The Morgan fingerprint density at radius 2 is 1.73 bits per heavy atom. The molecule has 4 nitrogen and oxygen atoms in total. The summed E-state index contributed by atoms with van der Waals surface area (Å²) in [5.74, 6) is 0. The van der Waals surface area contributed by atoms with Crippen LogP contribution in [0.1, 0.15) is 5.56 Å². The van der Waals surface area contributed by atoms with E-state index in [4.69, 9.17) is 23.2 Å². The lowest BCUT2D eigenvalue weighted by molar-refractivity contribution is 1.28. The molecule has 0 radical (unpaired) electrons. The zero-order chi connectivity index (χ0) is 15.5. The van der Waals surface area contributed by atoms with E-state index in [2.05, 4.69) is 15.5 Å². The number of nitrogens with zero attached hydrogens (tertiary/aromatic N) is 1. The van der Waals surface area contributed by atoms with Crippen LogP contribution in [0.3, 0.4) is 0 Å². The van der Waals surface area contributed by atoms with Gasteiger partial charge in [-0.25, -0.2) is 0 Å². The maximum Gasteiger partial charge on any atom is 0.250 e. The molecule has 3 aromatic rings. The van der Waals surface area contributed by atoms with Crippen LogP contribution >= 0.6 is 23.2 Å². The SMILES string of the molecule is O=c1cc(N/N=C/c2ccc(Cl)cc2)c2cc(Cl)ccc2[nH]1. The van der Waals surface area contributed by atoms with E-state index in [0.29, 0.717) is 21.2 Å². The first kappa shape index (κ1) is 14.6. The van der Waals surface area contributed by atoms with Gasteiger partial charge in [-0.15, -0.1) is 0 Å². The molecular weight excluding hydrogens is 321 g/mol. The number of aromatic amines is 1. The number of fused-ring (bicyclic) bond motifs is 1. The average Bonchev–Trinajstić information content (AvgIpc) is 2.50. The second-order valence-electron chi connectivity index (χ2n) is 4.66. The highest BCUT2D eigenvalue weighted by Crippen LogP contribution is 2.23. The maximum absolute atomic E-state index is 11.7. The van der Waals surface area contributed by atoms with Crippen LogP contribution in [-0.4, -0.2) is 11.2 Å². The van der Waals surface area contributed by atoms with Gasteiger partial charge in [0.25, 0.3) is 5.56 Å². The second-order valence-corrected chi connectivity index (χ2v) is 5.53. The van der Waals surface area contributed by atoms with Crippen LogP contribution in [0.5, 0.6) is 0 Å². The van der Waals surface area contributed by atoms with Gasteiger partial charge in [-0.3, -0.25) is 10.2 Å². The fourth-order valence-corrected chi connectivity index (χ4v) is 2.34. The summed E-state index contributed by atoms with van der Waals surface area (Å²) < 4.78 is 0. The van der Waals surface area contributed by atoms with Crippen molar-refractivity contribution < 1.29 is 0 Å². The molecule has 2 aromatic carbocycles. The Kier molecular flexibility index (Phi) is 4.13. The van der Waals surface area contributed by atoms with Crippen molar-refractivity contribution in [1.82, 2.24) is 4.98 Å². The van der Waals surface area contributed by atoms with E-state index in [0.717, 1.165) is 10.9 Å². The molecule has 0 bridgehead atoms. The molecule has 3 rings (SSSR count). The first-order valence-electron chi connectivity index (χ1n) is 6.49. The van der Waals surface area contributed by atoms with E-state index < -0.39 is 0 Å². The third-order valence-corrected chi connectivity index (χ3v) is 3.56. The van der Waals surface area contributed by atoms with Crippen molar-refractivity contribution in [2.45, 2.75) is 0 Å². The lowest BCUT2D eigenvalue weighted by atomic mass is 10.2. The van der Waals surface area contributed by atoms with Gasteiger partial charge in [0.2, 0.25) is 0 Å². The Bertz CT molecular complexity index is 901. The van der Waals surface area contributed by atoms with Crippen LogP contribution in [0.2, 0.25) is 10.0 Å². The number of H-pyrrole nitrogens is 1. The predicted molar refractivity (Wildman–Crippen MR) is 92.2 cm³/mol. The Balaban J connectivity index is 1.91. The monoisotopic (exact) mass is 331 g/mol. The van der Waals surface area contributed by atoms with E-state index in [1.54, 1.807) is 36.5 Å². The van der Waals surface area contributed by atoms with Gasteiger partial charge in [-0.2, -0.15) is 5.10 Å². The molecule has 0 atom stereocenters. The molecule has 0 unspecified atom stereocenters. The molecule has 0 aliphatic rings. The van der Waals surface area contributed by atoms with Gasteiger partial charge in [0.15, 0.2) is 0 Å². The summed E-state index contributed by atoms with van der Waals surface area (Å²) in [4.78, 5) is 14.4. The number of benzene rings is 2. The Labute approximate surface area is 136 Å². The Morgan fingerprint density at radius 1 is 1.00 bits per heavy atom. The van der Waals surface area contributed by atoms with Gasteiger partial charge in [0, 0.05) is 21.5 Å². The molecule has 0 saturated carbocycles. The van der Waals surface area contributed by atoms with E-state index in [1.165, 1.54) is 6.07 Å². The normalized spacial score (nSPS) is 11.2. The highest BCUT2D eigenvalue weighted by Gasteiger charge is 2.03. The first-order chi connectivity index (χ1) is 10.6. The molecular formula is C16H11Cl2N3O. The van der Waals surface area contributed by atoms with Crippen molar-refractivity contribution in [2.24, 2.45) is 5.10 Å². The molecule has 0 aliphatic heterocycles. The maximum atomic E-state index is 11.7. The van der Waals surface area contributed by atoms with Crippen molar-refractivity contribution in [3.8, 4) is 0 Å². The summed E-state index contributed by atoms with van der Waals surface area (Å²) in [6.07, 6.45) is 1.65. The van der Waals surface area contributed by atoms with Crippen LogP contribution in [0.15, 0.2) is 58.4 Å². The summed E-state index contributed by atoms with van der Waals surface area (Å²) in [7, 11) is 0. The topological polar surface area (TPSA) is 57.2 Å². The quantitative estimate of drug-likeness (QED) is 0.555. The summed E-state index contributed by atoms with van der Waals surface area (Å²) in [6, 6.07) is 14.0. The smallest absolute Gasteiger partial charge is 0.250 e.